The summed E-state index contributed by atoms with van der Waals surface area (Å²) in [5, 5.41) is 24.2. The van der Waals surface area contributed by atoms with Crippen LogP contribution in [0.3, 0.4) is 0 Å². The first-order valence-corrected chi connectivity index (χ1v) is 10.2. The fourth-order valence-corrected chi connectivity index (χ4v) is 4.17. The van der Waals surface area contributed by atoms with Crippen molar-refractivity contribution in [1.82, 2.24) is 4.31 Å². The number of rotatable bonds is 7. The van der Waals surface area contributed by atoms with Crippen LogP contribution in [0.15, 0.2) is 52.5 Å². The first-order chi connectivity index (χ1) is 14.3. The number of hydrogen-bond donors (Lipinski definition) is 2. The van der Waals surface area contributed by atoms with Gasteiger partial charge in [-0.3, -0.25) is 15.5 Å². The van der Waals surface area contributed by atoms with Crippen molar-refractivity contribution in [3.63, 3.8) is 0 Å². The number of nitrogens with zero attached hydrogens (tertiary/aromatic N) is 3. The van der Waals surface area contributed by atoms with E-state index in [1.54, 1.807) is 0 Å². The van der Waals surface area contributed by atoms with Crippen LogP contribution in [-0.4, -0.2) is 61.2 Å². The molecule has 2 aromatic carbocycles. The molecule has 1 saturated heterocycles. The molecule has 0 spiro atoms. The fraction of sp³-hybridized carbons (Fsp3) is 0.222. The highest BCUT2D eigenvalue weighted by Crippen LogP contribution is 2.29. The van der Waals surface area contributed by atoms with Crippen LogP contribution in [0.1, 0.15) is 15.9 Å². The lowest BCUT2D eigenvalue weighted by Crippen LogP contribution is -2.40. The quantitative estimate of drug-likeness (QED) is 0.380. The van der Waals surface area contributed by atoms with E-state index >= 15 is 0 Å². The topological polar surface area (TPSA) is 151 Å². The van der Waals surface area contributed by atoms with Crippen LogP contribution < -0.4 is 5.43 Å². The SMILES string of the molecule is O=C(O)c1ccc(C=NNc2ccc(S(=O)(=O)N3CCOCC3)cc2[N+](=O)[O-])cc1. The third-order valence-corrected chi connectivity index (χ3v) is 6.22. The van der Waals surface area contributed by atoms with Crippen molar-refractivity contribution in [2.75, 3.05) is 31.7 Å². The Balaban J connectivity index is 1.80. The van der Waals surface area contributed by atoms with Crippen LogP contribution in [0.2, 0.25) is 0 Å². The minimum absolute atomic E-state index is 0.0133. The summed E-state index contributed by atoms with van der Waals surface area (Å²) in [6.07, 6.45) is 1.35. The van der Waals surface area contributed by atoms with E-state index in [0.717, 1.165) is 6.07 Å². The van der Waals surface area contributed by atoms with Crippen molar-refractivity contribution in [2.45, 2.75) is 4.90 Å². The number of carbonyl (C=O) groups is 1. The zero-order valence-electron chi connectivity index (χ0n) is 15.6. The van der Waals surface area contributed by atoms with E-state index in [9.17, 15) is 23.3 Å². The van der Waals surface area contributed by atoms with Crippen LogP contribution in [0.5, 0.6) is 0 Å². The molecule has 30 heavy (non-hydrogen) atoms. The van der Waals surface area contributed by atoms with Gasteiger partial charge >= 0.3 is 5.97 Å². The Morgan fingerprint density at radius 2 is 1.87 bits per heavy atom. The molecule has 0 saturated carbocycles. The van der Waals surface area contributed by atoms with Gasteiger partial charge in [0.25, 0.3) is 5.69 Å². The molecule has 1 aliphatic heterocycles. The Bertz CT molecular complexity index is 1080. The normalized spacial score (nSPS) is 15.2. The number of ether oxygens (including phenoxy) is 1. The third kappa shape index (κ3) is 4.79. The fourth-order valence-electron chi connectivity index (χ4n) is 2.74. The van der Waals surface area contributed by atoms with E-state index in [1.807, 2.05) is 0 Å². The standard InChI is InChI=1S/C18H18N4O7S/c23-18(24)14-3-1-13(2-4-14)12-19-20-16-6-5-15(11-17(16)22(25)26)30(27,28)21-7-9-29-10-8-21/h1-6,11-12,20H,7-10H2,(H,23,24). The molecule has 2 aromatic rings. The highest BCUT2D eigenvalue weighted by atomic mass is 32.2. The first kappa shape index (κ1) is 21.4. The molecular weight excluding hydrogens is 416 g/mol. The van der Waals surface area contributed by atoms with Crippen LogP contribution in [-0.2, 0) is 14.8 Å². The number of carboxylic acids is 1. The lowest BCUT2D eigenvalue weighted by Gasteiger charge is -2.26. The lowest BCUT2D eigenvalue weighted by atomic mass is 10.1. The molecule has 3 rings (SSSR count). The van der Waals surface area contributed by atoms with Crippen LogP contribution in [0.4, 0.5) is 11.4 Å². The molecular formula is C18H18N4O7S. The van der Waals surface area contributed by atoms with Gasteiger partial charge in [-0.15, -0.1) is 0 Å². The van der Waals surface area contributed by atoms with E-state index in [1.165, 1.54) is 46.9 Å². The number of aromatic carboxylic acids is 1. The molecule has 0 aliphatic carbocycles. The molecule has 0 amide bonds. The monoisotopic (exact) mass is 434 g/mol. The molecule has 11 nitrogen and oxygen atoms in total. The van der Waals surface area contributed by atoms with Gasteiger partial charge in [0.2, 0.25) is 10.0 Å². The van der Waals surface area contributed by atoms with Crippen molar-refractivity contribution >= 4 is 33.6 Å². The number of nitro groups is 1. The Labute approximate surface area is 171 Å². The average molecular weight is 434 g/mol. The molecule has 0 atom stereocenters. The number of nitro benzene ring substituents is 1. The van der Waals surface area contributed by atoms with Crippen molar-refractivity contribution in [3.8, 4) is 0 Å². The highest BCUT2D eigenvalue weighted by molar-refractivity contribution is 7.89. The van der Waals surface area contributed by atoms with Crippen molar-refractivity contribution in [2.24, 2.45) is 5.10 Å². The number of nitrogens with one attached hydrogen (secondary N) is 1. The van der Waals surface area contributed by atoms with Gasteiger partial charge in [0.15, 0.2) is 0 Å². The highest BCUT2D eigenvalue weighted by Gasteiger charge is 2.28. The van der Waals surface area contributed by atoms with Gasteiger partial charge in [-0.2, -0.15) is 9.41 Å². The molecule has 1 fully saturated rings. The summed E-state index contributed by atoms with van der Waals surface area (Å²) in [5.74, 6) is -1.06. The van der Waals surface area contributed by atoms with Crippen molar-refractivity contribution in [1.29, 1.82) is 0 Å². The van der Waals surface area contributed by atoms with E-state index in [0.29, 0.717) is 5.56 Å². The van der Waals surface area contributed by atoms with Gasteiger partial charge in [0.1, 0.15) is 5.69 Å². The van der Waals surface area contributed by atoms with Gasteiger partial charge in [-0.1, -0.05) is 12.1 Å². The Hall–Kier alpha value is -3.35. The Morgan fingerprint density at radius 3 is 2.47 bits per heavy atom. The van der Waals surface area contributed by atoms with Gasteiger partial charge in [-0.25, -0.2) is 13.2 Å². The number of morpholine rings is 1. The summed E-state index contributed by atoms with van der Waals surface area (Å²) in [5.41, 5.74) is 2.78. The van der Waals surface area contributed by atoms with Gasteiger partial charge < -0.3 is 9.84 Å². The maximum atomic E-state index is 12.7. The summed E-state index contributed by atoms with van der Waals surface area (Å²) in [7, 11) is -3.87. The van der Waals surface area contributed by atoms with E-state index in [2.05, 4.69) is 10.5 Å². The minimum atomic E-state index is -3.87. The average Bonchev–Trinajstić information content (AvgIpc) is 2.74. The predicted octanol–water partition coefficient (Wildman–Crippen LogP) is 1.76. The molecule has 0 aromatic heterocycles. The molecule has 0 unspecified atom stereocenters. The summed E-state index contributed by atoms with van der Waals surface area (Å²) in [6, 6.07) is 9.40. The first-order valence-electron chi connectivity index (χ1n) is 8.78. The van der Waals surface area contributed by atoms with E-state index < -0.39 is 26.6 Å². The van der Waals surface area contributed by atoms with Crippen molar-refractivity contribution < 1.29 is 28.0 Å². The second kappa shape index (κ2) is 8.98. The second-order valence-electron chi connectivity index (χ2n) is 6.25. The predicted molar refractivity (Wildman–Crippen MR) is 107 cm³/mol. The van der Waals surface area contributed by atoms with Gasteiger partial charge in [0.05, 0.1) is 34.8 Å². The molecule has 1 aliphatic rings. The maximum Gasteiger partial charge on any atom is 0.335 e. The maximum absolute atomic E-state index is 12.7. The molecule has 1 heterocycles. The largest absolute Gasteiger partial charge is 0.478 e. The molecule has 0 bridgehead atoms. The number of hydrogen-bond acceptors (Lipinski definition) is 8. The molecule has 158 valence electrons. The zero-order valence-corrected chi connectivity index (χ0v) is 16.4. The Morgan fingerprint density at radius 1 is 1.20 bits per heavy atom. The summed E-state index contributed by atoms with van der Waals surface area (Å²) in [6.45, 7) is 0.897. The molecule has 12 heteroatoms. The summed E-state index contributed by atoms with van der Waals surface area (Å²) < 4.78 is 31.8. The molecule has 2 N–H and O–H groups in total. The minimum Gasteiger partial charge on any atom is -0.478 e. The number of sulfonamides is 1. The number of benzene rings is 2. The van der Waals surface area contributed by atoms with Crippen LogP contribution >= 0.6 is 0 Å². The summed E-state index contributed by atoms with van der Waals surface area (Å²) in [4.78, 5) is 21.4. The lowest BCUT2D eigenvalue weighted by molar-refractivity contribution is -0.384. The van der Waals surface area contributed by atoms with Gasteiger partial charge in [-0.05, 0) is 29.8 Å². The summed E-state index contributed by atoms with van der Waals surface area (Å²) >= 11 is 0. The molecule has 0 radical (unpaired) electrons. The smallest absolute Gasteiger partial charge is 0.335 e. The number of carboxylic acid groups (broad SMARTS) is 1. The van der Waals surface area contributed by atoms with Crippen LogP contribution in [0.25, 0.3) is 0 Å². The van der Waals surface area contributed by atoms with Crippen molar-refractivity contribution in [3.05, 3.63) is 63.7 Å². The Kier molecular flexibility index (Phi) is 6.40. The number of hydrazone groups is 1. The van der Waals surface area contributed by atoms with Crippen LogP contribution in [0, 0.1) is 10.1 Å². The third-order valence-electron chi connectivity index (χ3n) is 4.33. The number of anilines is 1. The second-order valence-corrected chi connectivity index (χ2v) is 8.19. The van der Waals surface area contributed by atoms with Gasteiger partial charge in [0, 0.05) is 19.2 Å². The zero-order chi connectivity index (χ0) is 21.7. The van der Waals surface area contributed by atoms with E-state index in [-0.39, 0.29) is 42.4 Å². The van der Waals surface area contributed by atoms with E-state index in [4.69, 9.17) is 9.84 Å².